The quantitative estimate of drug-likeness (QED) is 0.127. The predicted molar refractivity (Wildman–Crippen MR) is 245 cm³/mol. The van der Waals surface area contributed by atoms with Gasteiger partial charge in [0.2, 0.25) is 0 Å². The summed E-state index contributed by atoms with van der Waals surface area (Å²) in [5.74, 6) is 1.22. The molecule has 0 bridgehead atoms. The van der Waals surface area contributed by atoms with Gasteiger partial charge in [0, 0.05) is 80.9 Å². The molecule has 1 saturated carbocycles. The number of hydrogen-bond donors (Lipinski definition) is 0. The molecule has 6 aromatic carbocycles. The second kappa shape index (κ2) is 14.9. The van der Waals surface area contributed by atoms with E-state index < -0.39 is 0 Å². The first-order chi connectivity index (χ1) is 28.1. The third kappa shape index (κ3) is 6.38. The monoisotopic (exact) mass is 743 g/mol. The molecule has 3 heteroatoms. The van der Waals surface area contributed by atoms with Crippen molar-refractivity contribution in [2.45, 2.75) is 77.9 Å². The number of likely N-dealkylation sites (N-methyl/N-ethyl adjacent to an activating group) is 1. The van der Waals surface area contributed by atoms with E-state index in [2.05, 4.69) is 187 Å². The molecule has 0 saturated heterocycles. The Bertz CT molecular complexity index is 2830. The number of anilines is 1. The van der Waals surface area contributed by atoms with Crippen LogP contribution in [0.15, 0.2) is 133 Å². The highest BCUT2D eigenvalue weighted by molar-refractivity contribution is 6.09. The van der Waals surface area contributed by atoms with Gasteiger partial charge in [-0.3, -0.25) is 0 Å². The third-order valence-electron chi connectivity index (χ3n) is 13.3. The van der Waals surface area contributed by atoms with Crippen molar-refractivity contribution in [2.75, 3.05) is 11.4 Å². The highest BCUT2D eigenvalue weighted by Gasteiger charge is 2.40. The second-order valence-electron chi connectivity index (χ2n) is 16.4. The van der Waals surface area contributed by atoms with Crippen LogP contribution in [0.4, 0.5) is 5.69 Å². The van der Waals surface area contributed by atoms with E-state index in [4.69, 9.17) is 0 Å². The molecule has 1 aliphatic carbocycles. The van der Waals surface area contributed by atoms with E-state index in [9.17, 15) is 0 Å². The number of nitrogens with zero attached hydrogens (tertiary/aromatic N) is 3. The van der Waals surface area contributed by atoms with E-state index in [-0.39, 0.29) is 0 Å². The summed E-state index contributed by atoms with van der Waals surface area (Å²) in [4.78, 5) is 2.67. The summed E-state index contributed by atoms with van der Waals surface area (Å²) in [5, 5.41) is 5.37. The number of aromatic nitrogens is 2. The zero-order valence-corrected chi connectivity index (χ0v) is 33.7. The maximum absolute atomic E-state index is 2.67. The van der Waals surface area contributed by atoms with Crippen molar-refractivity contribution in [3.63, 3.8) is 0 Å². The SMILES string of the molecule is CCN1c2ccccc2C2CC(/C=C/c3cc(/C=C/c4ccc5c(c4)c4ccccc4n5CC)cc(CCc4ccc5c(c4)c4ccccc4n5CC)c3)CCC21. The average molecular weight is 744 g/mol. The Labute approximate surface area is 337 Å². The number of allylic oxidation sites excluding steroid dienone is 1. The van der Waals surface area contributed by atoms with Crippen LogP contribution in [0, 0.1) is 5.92 Å². The molecule has 57 heavy (non-hydrogen) atoms. The molecule has 284 valence electrons. The van der Waals surface area contributed by atoms with E-state index in [1.54, 1.807) is 5.56 Å². The largest absolute Gasteiger partial charge is 0.368 e. The highest BCUT2D eigenvalue weighted by atomic mass is 15.2. The van der Waals surface area contributed by atoms with Gasteiger partial charge in [0.05, 0.1) is 0 Å². The number of aryl methyl sites for hydroxylation is 4. The van der Waals surface area contributed by atoms with Gasteiger partial charge in [-0.2, -0.15) is 0 Å². The lowest BCUT2D eigenvalue weighted by Crippen LogP contribution is -2.37. The normalized spacial score (nSPS) is 18.2. The minimum Gasteiger partial charge on any atom is -0.368 e. The molecule has 3 nitrogen and oxygen atoms in total. The van der Waals surface area contributed by atoms with Crippen molar-refractivity contribution in [1.82, 2.24) is 9.13 Å². The van der Waals surface area contributed by atoms with E-state index in [0.717, 1.165) is 32.5 Å². The Kier molecular flexibility index (Phi) is 9.33. The van der Waals surface area contributed by atoms with Crippen LogP contribution in [0.2, 0.25) is 0 Å². The maximum Gasteiger partial charge on any atom is 0.0491 e. The van der Waals surface area contributed by atoms with Crippen molar-refractivity contribution in [3.8, 4) is 0 Å². The second-order valence-corrected chi connectivity index (χ2v) is 16.4. The topological polar surface area (TPSA) is 13.1 Å². The average Bonchev–Trinajstić information content (AvgIpc) is 3.88. The smallest absolute Gasteiger partial charge is 0.0491 e. The number of rotatable bonds is 10. The van der Waals surface area contributed by atoms with Crippen LogP contribution in [0.5, 0.6) is 0 Å². The van der Waals surface area contributed by atoms with Gasteiger partial charge in [-0.25, -0.2) is 0 Å². The third-order valence-corrected chi connectivity index (χ3v) is 13.3. The first-order valence-corrected chi connectivity index (χ1v) is 21.5. The van der Waals surface area contributed by atoms with Crippen LogP contribution in [0.1, 0.15) is 79.3 Å². The number of fused-ring (bicyclic) bond motifs is 9. The van der Waals surface area contributed by atoms with Gasteiger partial charge in [-0.1, -0.05) is 103 Å². The molecule has 3 unspecified atom stereocenters. The molecule has 0 N–H and O–H groups in total. The summed E-state index contributed by atoms with van der Waals surface area (Å²) in [6.07, 6.45) is 15.4. The fourth-order valence-corrected chi connectivity index (χ4v) is 10.6. The molecule has 1 fully saturated rings. The zero-order chi connectivity index (χ0) is 38.5. The van der Waals surface area contributed by atoms with Crippen molar-refractivity contribution < 1.29 is 0 Å². The van der Waals surface area contributed by atoms with Crippen LogP contribution in [-0.4, -0.2) is 21.7 Å². The molecule has 3 heterocycles. The fraction of sp³-hybridized carbons (Fsp3) is 0.259. The van der Waals surface area contributed by atoms with Gasteiger partial charge in [0.1, 0.15) is 0 Å². The van der Waals surface area contributed by atoms with Gasteiger partial charge >= 0.3 is 0 Å². The Hall–Kier alpha value is -5.80. The summed E-state index contributed by atoms with van der Waals surface area (Å²) in [6, 6.07) is 48.8. The van der Waals surface area contributed by atoms with Gasteiger partial charge < -0.3 is 14.0 Å². The van der Waals surface area contributed by atoms with E-state index in [0.29, 0.717) is 17.9 Å². The predicted octanol–water partition coefficient (Wildman–Crippen LogP) is 13.7. The maximum atomic E-state index is 2.67. The van der Waals surface area contributed by atoms with Crippen molar-refractivity contribution in [1.29, 1.82) is 0 Å². The minimum atomic E-state index is 0.590. The Morgan fingerprint density at radius 1 is 0.509 bits per heavy atom. The van der Waals surface area contributed by atoms with E-state index in [1.807, 2.05) is 0 Å². The van der Waals surface area contributed by atoms with Crippen LogP contribution in [0.25, 0.3) is 61.8 Å². The van der Waals surface area contributed by atoms with Gasteiger partial charge in [0.25, 0.3) is 0 Å². The summed E-state index contributed by atoms with van der Waals surface area (Å²) in [5.41, 5.74) is 14.9. The standard InChI is InChI=1S/C54H53N3/c1-4-55-49-16-10-7-13-43(49)46-34-37(25-28-52(46)55)19-22-40-31-41(23-20-38-26-29-53-47(35-38)44-14-8-11-17-50(44)56(53)5-2)33-42(32-40)24-21-39-27-30-54-48(36-39)45-15-9-12-18-51(45)57(54)6-3/h7-20,22-23,25,27-28,30-34,36,38,47,53H,4-6,21,24,26,29,35H2,1-3H3/b22-19+,23-20+. The lowest BCUT2D eigenvalue weighted by molar-refractivity contribution is 0.334. The van der Waals surface area contributed by atoms with Crippen molar-refractivity contribution >= 4 is 67.5 Å². The zero-order valence-electron chi connectivity index (χ0n) is 33.7. The lowest BCUT2D eigenvalue weighted by Gasteiger charge is -2.35. The van der Waals surface area contributed by atoms with Crippen molar-refractivity contribution in [3.05, 3.63) is 167 Å². The van der Waals surface area contributed by atoms with Crippen LogP contribution >= 0.6 is 0 Å². The van der Waals surface area contributed by atoms with Crippen LogP contribution < -0.4 is 4.90 Å². The van der Waals surface area contributed by atoms with Gasteiger partial charge in [0.15, 0.2) is 0 Å². The lowest BCUT2D eigenvalue weighted by atomic mass is 9.76. The molecule has 0 amide bonds. The van der Waals surface area contributed by atoms with E-state index in [1.165, 1.54) is 96.4 Å². The highest BCUT2D eigenvalue weighted by Crippen LogP contribution is 2.49. The molecule has 2 aliphatic rings. The Balaban J connectivity index is 0.955. The summed E-state index contributed by atoms with van der Waals surface area (Å²) in [7, 11) is 0. The van der Waals surface area contributed by atoms with Gasteiger partial charge in [-0.05, 0) is 141 Å². The van der Waals surface area contributed by atoms with Crippen molar-refractivity contribution in [2.24, 2.45) is 5.92 Å². The first kappa shape index (κ1) is 35.6. The molecule has 0 spiro atoms. The van der Waals surface area contributed by atoms with Crippen LogP contribution in [0.3, 0.4) is 0 Å². The minimum absolute atomic E-state index is 0.590. The Morgan fingerprint density at radius 2 is 1.12 bits per heavy atom. The molecule has 10 rings (SSSR count). The molecule has 2 aromatic heterocycles. The number of hydrogen-bond acceptors (Lipinski definition) is 1. The molecule has 0 radical (unpaired) electrons. The fourth-order valence-electron chi connectivity index (χ4n) is 10.6. The molecular weight excluding hydrogens is 691 g/mol. The number of benzene rings is 6. The Morgan fingerprint density at radius 3 is 1.86 bits per heavy atom. The molecular formula is C54H53N3. The molecule has 3 atom stereocenters. The molecule has 1 aliphatic heterocycles. The van der Waals surface area contributed by atoms with Crippen LogP contribution in [-0.2, 0) is 25.9 Å². The number of para-hydroxylation sites is 3. The summed E-state index contributed by atoms with van der Waals surface area (Å²) < 4.78 is 4.87. The molecule has 8 aromatic rings. The first-order valence-electron chi connectivity index (χ1n) is 21.5. The summed E-state index contributed by atoms with van der Waals surface area (Å²) >= 11 is 0. The van der Waals surface area contributed by atoms with Gasteiger partial charge in [-0.15, -0.1) is 0 Å². The van der Waals surface area contributed by atoms with E-state index >= 15 is 0 Å². The summed E-state index contributed by atoms with van der Waals surface area (Å²) in [6.45, 7) is 9.83.